The predicted octanol–water partition coefficient (Wildman–Crippen LogP) is 2.45. The Labute approximate surface area is 161 Å². The highest BCUT2D eigenvalue weighted by molar-refractivity contribution is 5.95. The van der Waals surface area contributed by atoms with E-state index in [1.54, 1.807) is 12.5 Å². The molecule has 1 aromatic heterocycles. The SMILES string of the molecule is CC(NC(=O)NNC(=O)c1ccc(C#N)cc1)c1ccc(-n2ccnc2)cc1. The first-order chi connectivity index (χ1) is 13.6. The van der Waals surface area contributed by atoms with Gasteiger partial charge in [-0.2, -0.15) is 5.26 Å². The quantitative estimate of drug-likeness (QED) is 0.609. The van der Waals surface area contributed by atoms with Crippen molar-refractivity contribution >= 4 is 11.9 Å². The van der Waals surface area contributed by atoms with Gasteiger partial charge in [-0.05, 0) is 48.9 Å². The average Bonchev–Trinajstić information content (AvgIpc) is 3.27. The highest BCUT2D eigenvalue weighted by atomic mass is 16.2. The van der Waals surface area contributed by atoms with Crippen molar-refractivity contribution in [2.24, 2.45) is 0 Å². The molecule has 1 unspecified atom stereocenters. The minimum absolute atomic E-state index is 0.261. The number of imidazole rings is 1. The maximum atomic E-state index is 12.0. The molecule has 2 aromatic carbocycles. The smallest absolute Gasteiger partial charge is 0.330 e. The first kappa shape index (κ1) is 18.7. The van der Waals surface area contributed by atoms with E-state index >= 15 is 0 Å². The fourth-order valence-corrected chi connectivity index (χ4v) is 2.54. The van der Waals surface area contributed by atoms with Crippen molar-refractivity contribution in [3.63, 3.8) is 0 Å². The van der Waals surface area contributed by atoms with Crippen LogP contribution in [0.5, 0.6) is 0 Å². The lowest BCUT2D eigenvalue weighted by molar-refractivity contribution is 0.0936. The molecule has 0 saturated carbocycles. The number of urea groups is 1. The Kier molecular flexibility index (Phi) is 5.67. The molecule has 0 aliphatic carbocycles. The number of nitrogens with one attached hydrogen (secondary N) is 3. The van der Waals surface area contributed by atoms with E-state index < -0.39 is 11.9 Å². The van der Waals surface area contributed by atoms with E-state index in [2.05, 4.69) is 21.2 Å². The minimum atomic E-state index is -0.534. The van der Waals surface area contributed by atoms with Crippen molar-refractivity contribution in [1.29, 1.82) is 5.26 Å². The summed E-state index contributed by atoms with van der Waals surface area (Å²) in [5.74, 6) is -0.475. The number of rotatable bonds is 4. The Morgan fingerprint density at radius 2 is 1.79 bits per heavy atom. The number of benzene rings is 2. The van der Waals surface area contributed by atoms with Crippen molar-refractivity contribution in [3.8, 4) is 11.8 Å². The molecule has 3 rings (SSSR count). The van der Waals surface area contributed by atoms with Crippen LogP contribution in [-0.2, 0) is 0 Å². The van der Waals surface area contributed by atoms with Gasteiger partial charge in [-0.1, -0.05) is 12.1 Å². The second-order valence-electron chi connectivity index (χ2n) is 6.02. The molecule has 0 bridgehead atoms. The normalized spacial score (nSPS) is 11.1. The second kappa shape index (κ2) is 8.51. The van der Waals surface area contributed by atoms with Gasteiger partial charge in [0.1, 0.15) is 0 Å². The van der Waals surface area contributed by atoms with Crippen molar-refractivity contribution in [2.75, 3.05) is 0 Å². The van der Waals surface area contributed by atoms with Crippen molar-refractivity contribution in [1.82, 2.24) is 25.7 Å². The van der Waals surface area contributed by atoms with Gasteiger partial charge in [0.25, 0.3) is 5.91 Å². The second-order valence-corrected chi connectivity index (χ2v) is 6.02. The van der Waals surface area contributed by atoms with Crippen LogP contribution in [0.3, 0.4) is 0 Å². The van der Waals surface area contributed by atoms with Gasteiger partial charge in [0.05, 0.1) is 24.0 Å². The van der Waals surface area contributed by atoms with E-state index in [1.807, 2.05) is 48.0 Å². The zero-order chi connectivity index (χ0) is 19.9. The number of hydrogen-bond acceptors (Lipinski definition) is 4. The molecule has 3 amide bonds. The highest BCUT2D eigenvalue weighted by Gasteiger charge is 2.11. The van der Waals surface area contributed by atoms with E-state index in [0.717, 1.165) is 11.3 Å². The van der Waals surface area contributed by atoms with E-state index in [1.165, 1.54) is 24.3 Å². The van der Waals surface area contributed by atoms with Gasteiger partial charge in [-0.25, -0.2) is 15.2 Å². The average molecular weight is 374 g/mol. The third-order valence-corrected chi connectivity index (χ3v) is 4.11. The molecule has 0 fully saturated rings. The molecular weight excluding hydrogens is 356 g/mol. The summed E-state index contributed by atoms with van der Waals surface area (Å²) in [6.07, 6.45) is 5.26. The number of hydrazine groups is 1. The van der Waals surface area contributed by atoms with Crippen LogP contribution in [0.15, 0.2) is 67.3 Å². The van der Waals surface area contributed by atoms with Gasteiger partial charge in [-0.15, -0.1) is 0 Å². The molecule has 3 aromatic rings. The molecule has 8 heteroatoms. The molecule has 0 aliphatic rings. The maximum Gasteiger partial charge on any atom is 0.333 e. The van der Waals surface area contributed by atoms with E-state index in [-0.39, 0.29) is 6.04 Å². The molecule has 1 atom stereocenters. The third kappa shape index (κ3) is 4.53. The Balaban J connectivity index is 1.51. The minimum Gasteiger partial charge on any atom is -0.330 e. The molecule has 140 valence electrons. The Morgan fingerprint density at radius 3 is 2.39 bits per heavy atom. The number of amides is 3. The number of hydrogen-bond donors (Lipinski definition) is 3. The van der Waals surface area contributed by atoms with Crippen LogP contribution in [0.4, 0.5) is 4.79 Å². The fraction of sp³-hybridized carbons (Fsp3) is 0.100. The van der Waals surface area contributed by atoms with Gasteiger partial charge in [0.2, 0.25) is 0 Å². The van der Waals surface area contributed by atoms with E-state index in [9.17, 15) is 9.59 Å². The van der Waals surface area contributed by atoms with Gasteiger partial charge in [0, 0.05) is 23.6 Å². The summed E-state index contributed by atoms with van der Waals surface area (Å²) < 4.78 is 1.88. The Bertz CT molecular complexity index is 989. The summed E-state index contributed by atoms with van der Waals surface area (Å²) in [5, 5.41) is 11.5. The van der Waals surface area contributed by atoms with Crippen molar-refractivity contribution in [2.45, 2.75) is 13.0 Å². The van der Waals surface area contributed by atoms with E-state index in [0.29, 0.717) is 11.1 Å². The highest BCUT2D eigenvalue weighted by Crippen LogP contribution is 2.15. The summed E-state index contributed by atoms with van der Waals surface area (Å²) in [6.45, 7) is 1.84. The molecule has 28 heavy (non-hydrogen) atoms. The largest absolute Gasteiger partial charge is 0.333 e. The summed E-state index contributed by atoms with van der Waals surface area (Å²) in [6, 6.07) is 15.0. The molecule has 0 saturated heterocycles. The Morgan fingerprint density at radius 1 is 1.07 bits per heavy atom. The van der Waals surface area contributed by atoms with Crippen LogP contribution in [0.2, 0.25) is 0 Å². The molecule has 8 nitrogen and oxygen atoms in total. The van der Waals surface area contributed by atoms with Crippen LogP contribution in [-0.4, -0.2) is 21.5 Å². The molecule has 0 aliphatic heterocycles. The first-order valence-corrected chi connectivity index (χ1v) is 8.52. The van der Waals surface area contributed by atoms with Crippen LogP contribution in [0.25, 0.3) is 5.69 Å². The van der Waals surface area contributed by atoms with Crippen molar-refractivity contribution < 1.29 is 9.59 Å². The predicted molar refractivity (Wildman–Crippen MR) is 102 cm³/mol. The number of aromatic nitrogens is 2. The Hall–Kier alpha value is -4.12. The number of nitriles is 1. The summed E-state index contributed by atoms with van der Waals surface area (Å²) in [5.41, 5.74) is 7.31. The monoisotopic (exact) mass is 374 g/mol. The molecule has 0 spiro atoms. The lowest BCUT2D eigenvalue weighted by Crippen LogP contribution is -2.47. The molecule has 3 N–H and O–H groups in total. The zero-order valence-corrected chi connectivity index (χ0v) is 15.1. The third-order valence-electron chi connectivity index (χ3n) is 4.11. The lowest BCUT2D eigenvalue weighted by Gasteiger charge is -2.16. The van der Waals surface area contributed by atoms with Crippen molar-refractivity contribution in [3.05, 3.63) is 83.9 Å². The van der Waals surface area contributed by atoms with Crippen LogP contribution in [0.1, 0.15) is 34.5 Å². The topological polar surface area (TPSA) is 112 Å². The zero-order valence-electron chi connectivity index (χ0n) is 15.1. The molecule has 0 radical (unpaired) electrons. The van der Waals surface area contributed by atoms with Gasteiger partial charge in [0.15, 0.2) is 0 Å². The van der Waals surface area contributed by atoms with E-state index in [4.69, 9.17) is 5.26 Å². The van der Waals surface area contributed by atoms with Gasteiger partial charge >= 0.3 is 6.03 Å². The van der Waals surface area contributed by atoms with Crippen LogP contribution >= 0.6 is 0 Å². The summed E-state index contributed by atoms with van der Waals surface area (Å²) in [4.78, 5) is 28.0. The molecule has 1 heterocycles. The standard InChI is InChI=1S/C20H18N6O2/c1-14(16-6-8-18(9-7-16)26-11-10-22-13-26)23-20(28)25-24-19(27)17-4-2-15(12-21)3-5-17/h2-11,13-14H,1H3,(H,24,27)(H2,23,25,28). The molecular formula is C20H18N6O2. The lowest BCUT2D eigenvalue weighted by atomic mass is 10.1. The maximum absolute atomic E-state index is 12.0. The fourth-order valence-electron chi connectivity index (χ4n) is 2.54. The van der Waals surface area contributed by atoms with Gasteiger partial charge in [-0.3, -0.25) is 10.2 Å². The van der Waals surface area contributed by atoms with Gasteiger partial charge < -0.3 is 9.88 Å². The summed E-state index contributed by atoms with van der Waals surface area (Å²) in [7, 11) is 0. The first-order valence-electron chi connectivity index (χ1n) is 8.52. The summed E-state index contributed by atoms with van der Waals surface area (Å²) >= 11 is 0. The van der Waals surface area contributed by atoms with Crippen LogP contribution in [0, 0.1) is 11.3 Å². The van der Waals surface area contributed by atoms with Crippen LogP contribution < -0.4 is 16.2 Å². The number of nitrogens with zero attached hydrogens (tertiary/aromatic N) is 3. The number of carbonyl (C=O) groups is 2. The number of carbonyl (C=O) groups excluding carboxylic acids is 2.